The maximum atomic E-state index is 13.4. The van der Waals surface area contributed by atoms with E-state index in [1.807, 2.05) is 20.8 Å². The molecule has 16 heavy (non-hydrogen) atoms. The maximum Gasteiger partial charge on any atom is 0.254 e. The van der Waals surface area contributed by atoms with E-state index in [1.54, 1.807) is 0 Å². The molecule has 0 atom stereocenters. The summed E-state index contributed by atoms with van der Waals surface area (Å²) in [5.74, 6) is -1.38. The van der Waals surface area contributed by atoms with Crippen LogP contribution in [0.1, 0.15) is 37.6 Å². The summed E-state index contributed by atoms with van der Waals surface area (Å²) in [6, 6.07) is 3.48. The summed E-state index contributed by atoms with van der Waals surface area (Å²) in [7, 11) is 0. The highest BCUT2D eigenvalue weighted by atomic mass is 19.1. The van der Waals surface area contributed by atoms with Gasteiger partial charge in [0.2, 0.25) is 0 Å². The summed E-state index contributed by atoms with van der Waals surface area (Å²) in [5, 5.41) is 11.7. The fourth-order valence-corrected chi connectivity index (χ4v) is 1.15. The Kier molecular flexibility index (Phi) is 3.52. The lowest BCUT2D eigenvalue weighted by atomic mass is 10.0. The van der Waals surface area contributed by atoms with Gasteiger partial charge in [-0.2, -0.15) is 0 Å². The number of benzene rings is 1. The standard InChI is InChI=1S/C12H16FNO2/c1-4-12(2,3)14-11(16)9-6-5-8(15)7-10(9)13/h5-7,15H,4H2,1-3H3,(H,14,16). The molecule has 88 valence electrons. The molecule has 1 aromatic rings. The van der Waals surface area contributed by atoms with E-state index >= 15 is 0 Å². The van der Waals surface area contributed by atoms with Gasteiger partial charge in [0, 0.05) is 11.6 Å². The first-order valence-corrected chi connectivity index (χ1v) is 5.17. The molecule has 0 aliphatic rings. The number of halogens is 1. The summed E-state index contributed by atoms with van der Waals surface area (Å²) in [4.78, 5) is 11.7. The van der Waals surface area contributed by atoms with E-state index in [-0.39, 0.29) is 16.9 Å². The monoisotopic (exact) mass is 225 g/mol. The molecule has 0 aliphatic carbocycles. The van der Waals surface area contributed by atoms with Gasteiger partial charge >= 0.3 is 0 Å². The second-order valence-corrected chi connectivity index (χ2v) is 4.36. The number of amides is 1. The van der Waals surface area contributed by atoms with Crippen LogP contribution in [0.15, 0.2) is 18.2 Å². The number of carbonyl (C=O) groups excluding carboxylic acids is 1. The van der Waals surface area contributed by atoms with Crippen molar-refractivity contribution in [3.8, 4) is 5.75 Å². The molecule has 0 aliphatic heterocycles. The van der Waals surface area contributed by atoms with Crippen LogP contribution in [0, 0.1) is 5.82 Å². The number of phenols is 1. The predicted octanol–water partition coefficient (Wildman–Crippen LogP) is 2.45. The van der Waals surface area contributed by atoms with Gasteiger partial charge in [-0.3, -0.25) is 4.79 Å². The second-order valence-electron chi connectivity index (χ2n) is 4.36. The topological polar surface area (TPSA) is 49.3 Å². The van der Waals surface area contributed by atoms with E-state index in [0.29, 0.717) is 0 Å². The van der Waals surface area contributed by atoms with Crippen LogP contribution in [-0.4, -0.2) is 16.6 Å². The molecule has 0 saturated carbocycles. The first-order chi connectivity index (χ1) is 7.35. The number of aromatic hydroxyl groups is 1. The summed E-state index contributed by atoms with van der Waals surface area (Å²) < 4.78 is 13.4. The van der Waals surface area contributed by atoms with Crippen LogP contribution in [0.3, 0.4) is 0 Å². The average Bonchev–Trinajstić information content (AvgIpc) is 2.16. The SMILES string of the molecule is CCC(C)(C)NC(=O)c1ccc(O)cc1F. The molecule has 0 fully saturated rings. The van der Waals surface area contributed by atoms with Crippen LogP contribution in [-0.2, 0) is 0 Å². The van der Waals surface area contributed by atoms with Gasteiger partial charge < -0.3 is 10.4 Å². The van der Waals surface area contributed by atoms with Crippen molar-refractivity contribution in [2.75, 3.05) is 0 Å². The number of rotatable bonds is 3. The summed E-state index contributed by atoms with van der Waals surface area (Å²) in [6.07, 6.45) is 0.748. The lowest BCUT2D eigenvalue weighted by molar-refractivity contribution is 0.0907. The molecule has 0 aromatic heterocycles. The summed E-state index contributed by atoms with van der Waals surface area (Å²) in [6.45, 7) is 5.67. The second kappa shape index (κ2) is 4.51. The van der Waals surface area contributed by atoms with Crippen molar-refractivity contribution in [3.63, 3.8) is 0 Å². The third-order valence-electron chi connectivity index (χ3n) is 2.53. The number of carbonyl (C=O) groups is 1. The van der Waals surface area contributed by atoms with Crippen molar-refractivity contribution >= 4 is 5.91 Å². The van der Waals surface area contributed by atoms with Gasteiger partial charge in [0.1, 0.15) is 11.6 Å². The van der Waals surface area contributed by atoms with E-state index in [1.165, 1.54) is 12.1 Å². The molecule has 2 N–H and O–H groups in total. The van der Waals surface area contributed by atoms with Crippen LogP contribution in [0.4, 0.5) is 4.39 Å². The molecule has 1 rings (SSSR count). The van der Waals surface area contributed by atoms with Gasteiger partial charge in [0.25, 0.3) is 5.91 Å². The minimum absolute atomic E-state index is 0.0562. The number of phenolic OH excluding ortho intramolecular Hbond substituents is 1. The summed E-state index contributed by atoms with van der Waals surface area (Å²) >= 11 is 0. The smallest absolute Gasteiger partial charge is 0.254 e. The van der Waals surface area contributed by atoms with Gasteiger partial charge in [0.05, 0.1) is 5.56 Å². The quantitative estimate of drug-likeness (QED) is 0.830. The zero-order valence-corrected chi connectivity index (χ0v) is 9.67. The molecule has 0 bridgehead atoms. The molecule has 1 amide bonds. The predicted molar refractivity (Wildman–Crippen MR) is 59.9 cm³/mol. The van der Waals surface area contributed by atoms with Crippen LogP contribution in [0.2, 0.25) is 0 Å². The molecule has 0 radical (unpaired) electrons. The minimum atomic E-state index is -0.718. The zero-order valence-electron chi connectivity index (χ0n) is 9.67. The highest BCUT2D eigenvalue weighted by molar-refractivity contribution is 5.95. The van der Waals surface area contributed by atoms with E-state index < -0.39 is 11.7 Å². The number of nitrogens with one attached hydrogen (secondary N) is 1. The Balaban J connectivity index is 2.89. The Morgan fingerprint density at radius 2 is 2.12 bits per heavy atom. The van der Waals surface area contributed by atoms with Crippen LogP contribution < -0.4 is 5.32 Å². The molecular formula is C12H16FNO2. The van der Waals surface area contributed by atoms with Gasteiger partial charge in [-0.1, -0.05) is 6.92 Å². The fourth-order valence-electron chi connectivity index (χ4n) is 1.15. The van der Waals surface area contributed by atoms with Crippen LogP contribution in [0.5, 0.6) is 5.75 Å². The lowest BCUT2D eigenvalue weighted by Gasteiger charge is -2.24. The van der Waals surface area contributed by atoms with Crippen LogP contribution >= 0.6 is 0 Å². The maximum absolute atomic E-state index is 13.4. The Morgan fingerprint density at radius 3 is 2.62 bits per heavy atom. The van der Waals surface area contributed by atoms with Crippen LogP contribution in [0.25, 0.3) is 0 Å². The average molecular weight is 225 g/mol. The largest absolute Gasteiger partial charge is 0.508 e. The fraction of sp³-hybridized carbons (Fsp3) is 0.417. The zero-order chi connectivity index (χ0) is 12.3. The first kappa shape index (κ1) is 12.5. The highest BCUT2D eigenvalue weighted by Gasteiger charge is 2.20. The van der Waals surface area contributed by atoms with Gasteiger partial charge in [0.15, 0.2) is 0 Å². The third-order valence-corrected chi connectivity index (χ3v) is 2.53. The Hall–Kier alpha value is -1.58. The van der Waals surface area contributed by atoms with Crippen molar-refractivity contribution in [2.45, 2.75) is 32.7 Å². The molecule has 1 aromatic carbocycles. The first-order valence-electron chi connectivity index (χ1n) is 5.17. The number of hydrogen-bond acceptors (Lipinski definition) is 2. The van der Waals surface area contributed by atoms with Gasteiger partial charge in [-0.25, -0.2) is 4.39 Å². The Labute approximate surface area is 94.3 Å². The van der Waals surface area contributed by atoms with Crippen molar-refractivity contribution in [3.05, 3.63) is 29.6 Å². The molecule has 0 unspecified atom stereocenters. The highest BCUT2D eigenvalue weighted by Crippen LogP contribution is 2.16. The van der Waals surface area contributed by atoms with Crippen molar-refractivity contribution in [2.24, 2.45) is 0 Å². The van der Waals surface area contributed by atoms with Gasteiger partial charge in [-0.15, -0.1) is 0 Å². The van der Waals surface area contributed by atoms with Crippen molar-refractivity contribution < 1.29 is 14.3 Å². The molecule has 0 spiro atoms. The Bertz CT molecular complexity index is 402. The molecule has 3 nitrogen and oxygen atoms in total. The molecule has 0 heterocycles. The van der Waals surface area contributed by atoms with E-state index in [4.69, 9.17) is 5.11 Å². The lowest BCUT2D eigenvalue weighted by Crippen LogP contribution is -2.43. The van der Waals surface area contributed by atoms with Crippen molar-refractivity contribution in [1.82, 2.24) is 5.32 Å². The Morgan fingerprint density at radius 1 is 1.50 bits per heavy atom. The minimum Gasteiger partial charge on any atom is -0.508 e. The summed E-state index contributed by atoms with van der Waals surface area (Å²) in [5.41, 5.74) is -0.430. The van der Waals surface area contributed by atoms with Gasteiger partial charge in [-0.05, 0) is 32.4 Å². The third kappa shape index (κ3) is 2.95. The molecular weight excluding hydrogens is 209 g/mol. The molecule has 4 heteroatoms. The number of hydrogen-bond donors (Lipinski definition) is 2. The van der Waals surface area contributed by atoms with E-state index in [2.05, 4.69) is 5.32 Å². The van der Waals surface area contributed by atoms with Crippen molar-refractivity contribution in [1.29, 1.82) is 0 Å². The molecule has 0 saturated heterocycles. The normalized spacial score (nSPS) is 11.2. The van der Waals surface area contributed by atoms with E-state index in [0.717, 1.165) is 12.5 Å². The van der Waals surface area contributed by atoms with E-state index in [9.17, 15) is 9.18 Å².